The molecule has 67 heavy (non-hydrogen) atoms. The topological polar surface area (TPSA) is 80.9 Å². The Labute approximate surface area is 446 Å². The first-order chi connectivity index (χ1) is 32.1. The molecule has 12 heteroatoms. The zero-order valence-corrected chi connectivity index (χ0v) is 45.8. The molecule has 3 fully saturated rings. The molecule has 8 atom stereocenters. The monoisotopic (exact) mass is 1310 g/mol. The number of carbonyl (C=O) groups excluding carboxylic acids is 1. The van der Waals surface area contributed by atoms with Gasteiger partial charge in [-0.25, -0.2) is 4.79 Å². The van der Waals surface area contributed by atoms with E-state index in [2.05, 4.69) is 229 Å². The van der Waals surface area contributed by atoms with E-state index in [1.54, 1.807) is 0 Å². The smallest absolute Gasteiger partial charge is 0.336 e. The van der Waals surface area contributed by atoms with Gasteiger partial charge in [-0.3, -0.25) is 0 Å². The maximum Gasteiger partial charge on any atom is 0.336 e. The minimum atomic E-state index is -1.61. The van der Waals surface area contributed by atoms with Gasteiger partial charge in [-0.1, -0.05) is 94.3 Å². The van der Waals surface area contributed by atoms with Gasteiger partial charge >= 0.3 is 5.97 Å². The second-order valence-corrected chi connectivity index (χ2v) is 23.7. The van der Waals surface area contributed by atoms with E-state index in [1.165, 1.54) is 0 Å². The number of rotatable bonds is 11. The molecule has 0 aliphatic carbocycles. The highest BCUT2D eigenvalue weighted by Gasteiger charge is 2.78. The van der Waals surface area contributed by atoms with Gasteiger partial charge in [0.1, 0.15) is 11.7 Å². The molecule has 7 aromatic carbocycles. The van der Waals surface area contributed by atoms with Crippen molar-refractivity contribution in [1.82, 2.24) is 0 Å². The van der Waals surface area contributed by atoms with Gasteiger partial charge in [0.2, 0.25) is 0 Å². The van der Waals surface area contributed by atoms with E-state index >= 15 is 4.79 Å². The van der Waals surface area contributed by atoms with Gasteiger partial charge in [-0.15, -0.1) is 0 Å². The molecule has 0 bridgehead atoms. The second kappa shape index (κ2) is 18.4. The van der Waals surface area contributed by atoms with Gasteiger partial charge in [0.15, 0.2) is 11.1 Å². The van der Waals surface area contributed by atoms with Crippen LogP contribution >= 0.6 is 95.3 Å². The predicted molar refractivity (Wildman–Crippen MR) is 299 cm³/mol. The number of halogens is 5. The Morgan fingerprint density at radius 1 is 0.627 bits per heavy atom. The summed E-state index contributed by atoms with van der Waals surface area (Å²) >= 11 is 17.5. The summed E-state index contributed by atoms with van der Waals surface area (Å²) < 4.78 is 27.4. The van der Waals surface area contributed by atoms with Gasteiger partial charge in [0.05, 0.1) is 23.3 Å². The highest BCUT2D eigenvalue weighted by atomic mass is 127. The van der Waals surface area contributed by atoms with Gasteiger partial charge < -0.3 is 30.2 Å². The van der Waals surface area contributed by atoms with Crippen molar-refractivity contribution in [2.24, 2.45) is 0 Å². The van der Waals surface area contributed by atoms with Crippen LogP contribution in [0.1, 0.15) is 56.7 Å². The standard InChI is InChI=1S/C55H48BrClI3N3O4/c1-51(35-14-16-37(56)17-15-35)31-47(61-42-24-18-39(58)19-25-42)49(65-51)55(48(62-43-26-20-40(59)21-27-43)32-52(2,67-55)36-10-7-11-38(57)30-36)54(63-44-28-22-41(60)23-29-44)33-53(3,66-50(54)64)46-13-6-9-34-8-4-5-12-45(34)46/h4-30,47-49,61-63H,31-33H2,1-3H3. The van der Waals surface area contributed by atoms with Crippen molar-refractivity contribution >= 4 is 129 Å². The second-order valence-electron chi connectivity index (χ2n) is 18.6. The molecule has 7 nitrogen and oxygen atoms in total. The van der Waals surface area contributed by atoms with Crippen molar-refractivity contribution in [3.05, 3.63) is 201 Å². The van der Waals surface area contributed by atoms with E-state index in [-0.39, 0.29) is 6.42 Å². The van der Waals surface area contributed by atoms with E-state index in [0.29, 0.717) is 17.9 Å². The molecule has 0 saturated carbocycles. The Balaban J connectivity index is 1.27. The Bertz CT molecular complexity index is 2960. The lowest BCUT2D eigenvalue weighted by Gasteiger charge is -2.52. The molecular formula is C55H48BrClI3N3O4. The molecular weight excluding hydrogens is 1260 g/mol. The van der Waals surface area contributed by atoms with Crippen LogP contribution in [0.4, 0.5) is 17.1 Å². The van der Waals surface area contributed by atoms with Crippen LogP contribution in [0.25, 0.3) is 10.8 Å². The molecule has 342 valence electrons. The first kappa shape index (κ1) is 47.2. The molecule has 0 aromatic heterocycles. The maximum atomic E-state index is 16.4. The number of ether oxygens (including phenoxy) is 3. The van der Waals surface area contributed by atoms with Crippen LogP contribution < -0.4 is 16.0 Å². The van der Waals surface area contributed by atoms with Crippen LogP contribution in [-0.2, 0) is 35.8 Å². The molecule has 3 aliphatic rings. The number of cyclic esters (lactones) is 1. The third-order valence-corrected chi connectivity index (χ3v) is 17.0. The Hall–Kier alpha value is -3.45. The number of fused-ring (bicyclic) bond motifs is 1. The van der Waals surface area contributed by atoms with Gasteiger partial charge in [0.25, 0.3) is 0 Å². The largest absolute Gasteiger partial charge is 0.453 e. The lowest BCUT2D eigenvalue weighted by atomic mass is 9.65. The quantitative estimate of drug-likeness (QED) is 0.0879. The molecule has 0 amide bonds. The molecule has 0 spiro atoms. The zero-order valence-electron chi connectivity index (χ0n) is 37.0. The number of benzene rings is 7. The summed E-state index contributed by atoms with van der Waals surface area (Å²) in [5.74, 6) is -0.430. The van der Waals surface area contributed by atoms with E-state index < -0.39 is 52.1 Å². The number of carbonyl (C=O) groups is 1. The van der Waals surface area contributed by atoms with E-state index in [4.69, 9.17) is 25.8 Å². The summed E-state index contributed by atoms with van der Waals surface area (Å²) in [6, 6.07) is 54.8. The summed E-state index contributed by atoms with van der Waals surface area (Å²) in [5.41, 5.74) is -0.725. The van der Waals surface area contributed by atoms with Gasteiger partial charge in [-0.05, 0) is 208 Å². The van der Waals surface area contributed by atoms with Crippen molar-refractivity contribution in [3.8, 4) is 0 Å². The fourth-order valence-corrected chi connectivity index (χ4v) is 12.6. The van der Waals surface area contributed by atoms with Crippen LogP contribution in [0.2, 0.25) is 5.02 Å². The Kier molecular flexibility index (Phi) is 13.0. The summed E-state index contributed by atoms with van der Waals surface area (Å²) in [7, 11) is 0. The summed E-state index contributed by atoms with van der Waals surface area (Å²) in [6.07, 6.45) is 0.385. The summed E-state index contributed by atoms with van der Waals surface area (Å²) in [4.78, 5) is 16.4. The average molecular weight is 1310 g/mol. The van der Waals surface area contributed by atoms with Crippen molar-refractivity contribution in [2.75, 3.05) is 16.0 Å². The van der Waals surface area contributed by atoms with Crippen LogP contribution in [0.15, 0.2) is 168 Å². The summed E-state index contributed by atoms with van der Waals surface area (Å²) in [5, 5.41) is 14.7. The number of hydrogen-bond donors (Lipinski definition) is 3. The Morgan fingerprint density at radius 3 is 1.88 bits per heavy atom. The minimum absolute atomic E-state index is 0.195. The van der Waals surface area contributed by atoms with Crippen LogP contribution in [0.3, 0.4) is 0 Å². The molecule has 8 unspecified atom stereocenters. The molecule has 3 N–H and O–H groups in total. The maximum absolute atomic E-state index is 16.4. The molecule has 3 heterocycles. The third kappa shape index (κ3) is 8.79. The first-order valence-corrected chi connectivity index (χ1v) is 26.7. The van der Waals surface area contributed by atoms with E-state index in [0.717, 1.165) is 59.7 Å². The number of esters is 1. The molecule has 3 saturated heterocycles. The van der Waals surface area contributed by atoms with Gasteiger partial charge in [-0.2, -0.15) is 0 Å². The lowest BCUT2D eigenvalue weighted by molar-refractivity contribution is -0.211. The molecule has 7 aromatic rings. The predicted octanol–water partition coefficient (Wildman–Crippen LogP) is 14.8. The highest BCUT2D eigenvalue weighted by molar-refractivity contribution is 14.1. The van der Waals surface area contributed by atoms with Crippen molar-refractivity contribution in [3.63, 3.8) is 0 Å². The first-order valence-electron chi connectivity index (χ1n) is 22.3. The third-order valence-electron chi connectivity index (χ3n) is 14.1. The minimum Gasteiger partial charge on any atom is -0.453 e. The number of hydrogen-bond acceptors (Lipinski definition) is 7. The van der Waals surface area contributed by atoms with Crippen molar-refractivity contribution in [2.45, 2.75) is 86.2 Å². The van der Waals surface area contributed by atoms with Crippen LogP contribution in [-0.4, -0.2) is 35.3 Å². The fraction of sp³-hybridized carbons (Fsp3) is 0.255. The van der Waals surface area contributed by atoms with Crippen LogP contribution in [0.5, 0.6) is 0 Å². The SMILES string of the molecule is CC1(c2ccc(Br)cc2)CC(Nc2ccc(I)cc2)C(C2(C3(Nc4ccc(I)cc4)CC(C)(c4cccc5ccccc45)OC3=O)OC(C)(c3cccc(Cl)c3)CC2Nc2ccc(I)cc2)O1. The normalized spacial score (nSPS) is 29.2. The molecule has 0 radical (unpaired) electrons. The molecule has 10 rings (SSSR count). The lowest BCUT2D eigenvalue weighted by Crippen LogP contribution is -2.75. The molecule has 3 aliphatic heterocycles. The van der Waals surface area contributed by atoms with Crippen LogP contribution in [0, 0.1) is 10.7 Å². The highest BCUT2D eigenvalue weighted by Crippen LogP contribution is 2.62. The fourth-order valence-electron chi connectivity index (χ4n) is 11.0. The Morgan fingerprint density at radius 2 is 1.22 bits per heavy atom. The number of nitrogens with one attached hydrogen (secondary N) is 3. The average Bonchev–Trinajstić information content (AvgIpc) is 3.92. The number of anilines is 3. The van der Waals surface area contributed by atoms with Crippen molar-refractivity contribution in [1.29, 1.82) is 0 Å². The van der Waals surface area contributed by atoms with Gasteiger partial charge in [0, 0.05) is 62.1 Å². The zero-order chi connectivity index (χ0) is 46.8. The van der Waals surface area contributed by atoms with Crippen molar-refractivity contribution < 1.29 is 19.0 Å². The van der Waals surface area contributed by atoms with E-state index in [9.17, 15) is 0 Å². The van der Waals surface area contributed by atoms with E-state index in [1.807, 2.05) is 55.5 Å². The summed E-state index contributed by atoms with van der Waals surface area (Å²) in [6.45, 7) is 6.33.